The summed E-state index contributed by atoms with van der Waals surface area (Å²) in [6.45, 7) is 8.33. The molecule has 1 aliphatic heterocycles. The molecule has 0 amide bonds. The van der Waals surface area contributed by atoms with Gasteiger partial charge in [-0.25, -0.2) is 4.39 Å². The summed E-state index contributed by atoms with van der Waals surface area (Å²) < 4.78 is 13.4. The molecule has 1 aliphatic rings. The lowest BCUT2D eigenvalue weighted by molar-refractivity contribution is 0.357. The molecule has 2 atom stereocenters. The SMILES string of the molecule is Cc1cc(N2CC(C)CC(C)C2)c(N)cc1F. The van der Waals surface area contributed by atoms with Gasteiger partial charge in [-0.15, -0.1) is 0 Å². The van der Waals surface area contributed by atoms with Crippen molar-refractivity contribution >= 4 is 11.4 Å². The molecule has 17 heavy (non-hydrogen) atoms. The van der Waals surface area contributed by atoms with E-state index < -0.39 is 0 Å². The second-order valence-corrected chi connectivity index (χ2v) is 5.51. The van der Waals surface area contributed by atoms with Crippen molar-refractivity contribution in [1.29, 1.82) is 0 Å². The van der Waals surface area contributed by atoms with E-state index in [2.05, 4.69) is 18.7 Å². The summed E-state index contributed by atoms with van der Waals surface area (Å²) in [5.74, 6) is 1.12. The number of nitrogens with two attached hydrogens (primary N) is 1. The van der Waals surface area contributed by atoms with Gasteiger partial charge in [-0.1, -0.05) is 13.8 Å². The number of piperidine rings is 1. The number of nitrogens with zero attached hydrogens (tertiary/aromatic N) is 1. The second-order valence-electron chi connectivity index (χ2n) is 5.51. The van der Waals surface area contributed by atoms with E-state index in [0.717, 1.165) is 18.8 Å². The van der Waals surface area contributed by atoms with Crippen LogP contribution >= 0.6 is 0 Å². The van der Waals surface area contributed by atoms with E-state index in [9.17, 15) is 4.39 Å². The molecule has 94 valence electrons. The molecular weight excluding hydrogens is 215 g/mol. The summed E-state index contributed by atoms with van der Waals surface area (Å²) in [4.78, 5) is 2.29. The maximum atomic E-state index is 13.4. The van der Waals surface area contributed by atoms with Crippen molar-refractivity contribution in [3.8, 4) is 0 Å². The van der Waals surface area contributed by atoms with Gasteiger partial charge in [0.2, 0.25) is 0 Å². The Kier molecular flexibility index (Phi) is 3.27. The van der Waals surface area contributed by atoms with Gasteiger partial charge in [-0.3, -0.25) is 0 Å². The zero-order chi connectivity index (χ0) is 12.6. The predicted octanol–water partition coefficient (Wildman–Crippen LogP) is 3.20. The summed E-state index contributed by atoms with van der Waals surface area (Å²) in [5.41, 5.74) is 8.14. The maximum Gasteiger partial charge on any atom is 0.128 e. The molecule has 1 aromatic carbocycles. The minimum atomic E-state index is -0.218. The number of hydrogen-bond donors (Lipinski definition) is 1. The molecule has 0 spiro atoms. The van der Waals surface area contributed by atoms with E-state index in [-0.39, 0.29) is 5.82 Å². The molecule has 2 N–H and O–H groups in total. The van der Waals surface area contributed by atoms with Gasteiger partial charge in [-0.05, 0) is 42.9 Å². The van der Waals surface area contributed by atoms with Gasteiger partial charge in [-0.2, -0.15) is 0 Å². The summed E-state index contributed by atoms with van der Waals surface area (Å²) >= 11 is 0. The largest absolute Gasteiger partial charge is 0.397 e. The van der Waals surface area contributed by atoms with Crippen molar-refractivity contribution in [3.63, 3.8) is 0 Å². The second kappa shape index (κ2) is 4.55. The number of halogens is 1. The fraction of sp³-hybridized carbons (Fsp3) is 0.571. The maximum absolute atomic E-state index is 13.4. The van der Waals surface area contributed by atoms with Crippen LogP contribution in [-0.2, 0) is 0 Å². The molecular formula is C14H21FN2. The van der Waals surface area contributed by atoms with E-state index in [1.54, 1.807) is 6.92 Å². The van der Waals surface area contributed by atoms with Crippen LogP contribution in [0.1, 0.15) is 25.8 Å². The van der Waals surface area contributed by atoms with Crippen LogP contribution in [0, 0.1) is 24.6 Å². The van der Waals surface area contributed by atoms with Crippen LogP contribution in [0.25, 0.3) is 0 Å². The van der Waals surface area contributed by atoms with Gasteiger partial charge in [0, 0.05) is 13.1 Å². The highest BCUT2D eigenvalue weighted by atomic mass is 19.1. The predicted molar refractivity (Wildman–Crippen MR) is 70.7 cm³/mol. The molecule has 1 heterocycles. The molecule has 0 radical (unpaired) electrons. The zero-order valence-electron chi connectivity index (χ0n) is 10.8. The summed E-state index contributed by atoms with van der Waals surface area (Å²) in [6.07, 6.45) is 1.26. The average Bonchev–Trinajstić information content (AvgIpc) is 2.22. The number of anilines is 2. The first-order valence-corrected chi connectivity index (χ1v) is 6.28. The lowest BCUT2D eigenvalue weighted by Crippen LogP contribution is -2.39. The van der Waals surface area contributed by atoms with E-state index in [0.29, 0.717) is 23.1 Å². The first-order chi connectivity index (χ1) is 7.97. The van der Waals surface area contributed by atoms with E-state index in [1.807, 2.05) is 6.07 Å². The van der Waals surface area contributed by atoms with Crippen molar-refractivity contribution < 1.29 is 4.39 Å². The lowest BCUT2D eigenvalue weighted by atomic mass is 9.91. The van der Waals surface area contributed by atoms with Crippen molar-refractivity contribution in [2.24, 2.45) is 11.8 Å². The molecule has 0 aromatic heterocycles. The highest BCUT2D eigenvalue weighted by Gasteiger charge is 2.23. The summed E-state index contributed by atoms with van der Waals surface area (Å²) in [7, 11) is 0. The van der Waals surface area contributed by atoms with Crippen molar-refractivity contribution in [2.45, 2.75) is 27.2 Å². The van der Waals surface area contributed by atoms with Gasteiger partial charge in [0.1, 0.15) is 5.82 Å². The Morgan fingerprint density at radius 3 is 2.41 bits per heavy atom. The number of aryl methyl sites for hydroxylation is 1. The Morgan fingerprint density at radius 2 is 1.82 bits per heavy atom. The molecule has 0 aliphatic carbocycles. The summed E-state index contributed by atoms with van der Waals surface area (Å²) in [5, 5.41) is 0. The van der Waals surface area contributed by atoms with Gasteiger partial charge < -0.3 is 10.6 Å². The topological polar surface area (TPSA) is 29.3 Å². The highest BCUT2D eigenvalue weighted by molar-refractivity contribution is 5.69. The highest BCUT2D eigenvalue weighted by Crippen LogP contribution is 2.31. The smallest absolute Gasteiger partial charge is 0.128 e. The third kappa shape index (κ3) is 2.54. The van der Waals surface area contributed by atoms with Crippen LogP contribution in [0.2, 0.25) is 0 Å². The Labute approximate surface area is 103 Å². The zero-order valence-corrected chi connectivity index (χ0v) is 10.8. The minimum absolute atomic E-state index is 0.218. The molecule has 0 bridgehead atoms. The molecule has 2 unspecified atom stereocenters. The van der Waals surface area contributed by atoms with Gasteiger partial charge >= 0.3 is 0 Å². The lowest BCUT2D eigenvalue weighted by Gasteiger charge is -2.37. The number of rotatable bonds is 1. The third-order valence-electron chi connectivity index (χ3n) is 3.52. The number of benzene rings is 1. The van der Waals surface area contributed by atoms with Gasteiger partial charge in [0.25, 0.3) is 0 Å². The summed E-state index contributed by atoms with van der Waals surface area (Å²) in [6, 6.07) is 3.31. The van der Waals surface area contributed by atoms with Gasteiger partial charge in [0.05, 0.1) is 11.4 Å². The van der Waals surface area contributed by atoms with Crippen molar-refractivity contribution in [3.05, 3.63) is 23.5 Å². The third-order valence-corrected chi connectivity index (χ3v) is 3.52. The Morgan fingerprint density at radius 1 is 1.24 bits per heavy atom. The monoisotopic (exact) mass is 236 g/mol. The van der Waals surface area contributed by atoms with Crippen LogP contribution in [-0.4, -0.2) is 13.1 Å². The van der Waals surface area contributed by atoms with Gasteiger partial charge in [0.15, 0.2) is 0 Å². The van der Waals surface area contributed by atoms with E-state index >= 15 is 0 Å². The fourth-order valence-corrected chi connectivity index (χ4v) is 2.82. The molecule has 0 saturated carbocycles. The molecule has 1 aromatic rings. The Hall–Kier alpha value is -1.25. The molecule has 3 heteroatoms. The normalized spacial score (nSPS) is 25.1. The number of nitrogen functional groups attached to an aromatic ring is 1. The van der Waals surface area contributed by atoms with Crippen LogP contribution in [0.4, 0.5) is 15.8 Å². The van der Waals surface area contributed by atoms with E-state index in [1.165, 1.54) is 12.5 Å². The van der Waals surface area contributed by atoms with Crippen LogP contribution in [0.15, 0.2) is 12.1 Å². The molecule has 1 saturated heterocycles. The van der Waals surface area contributed by atoms with E-state index in [4.69, 9.17) is 5.73 Å². The standard InChI is InChI=1S/C14H21FN2/c1-9-4-10(2)8-17(7-9)14-5-11(3)12(15)6-13(14)16/h5-6,9-10H,4,7-8,16H2,1-3H3. The Balaban J connectivity index is 2.30. The molecule has 2 rings (SSSR count). The quantitative estimate of drug-likeness (QED) is 0.759. The van der Waals surface area contributed by atoms with Crippen LogP contribution in [0.3, 0.4) is 0 Å². The first-order valence-electron chi connectivity index (χ1n) is 6.28. The molecule has 1 fully saturated rings. The first kappa shape index (κ1) is 12.2. The molecule has 2 nitrogen and oxygen atoms in total. The van der Waals surface area contributed by atoms with Crippen molar-refractivity contribution in [1.82, 2.24) is 0 Å². The van der Waals surface area contributed by atoms with Crippen LogP contribution < -0.4 is 10.6 Å². The number of hydrogen-bond acceptors (Lipinski definition) is 2. The Bertz CT molecular complexity index is 407. The van der Waals surface area contributed by atoms with Crippen LogP contribution in [0.5, 0.6) is 0 Å². The minimum Gasteiger partial charge on any atom is -0.397 e. The average molecular weight is 236 g/mol. The fourth-order valence-electron chi connectivity index (χ4n) is 2.82. The van der Waals surface area contributed by atoms with Crippen molar-refractivity contribution in [2.75, 3.05) is 23.7 Å².